The largest absolute Gasteiger partial charge is 0.477 e. The summed E-state index contributed by atoms with van der Waals surface area (Å²) in [5.41, 5.74) is 0.919. The number of sulfonamides is 1. The van der Waals surface area contributed by atoms with Gasteiger partial charge in [0.1, 0.15) is 5.82 Å². The molecule has 0 atom stereocenters. The van der Waals surface area contributed by atoms with E-state index in [0.29, 0.717) is 68.6 Å². The number of anilines is 2. The summed E-state index contributed by atoms with van der Waals surface area (Å²) in [6.07, 6.45) is 6.94. The standard InChI is InChI=1S/C23H26N6O5S2/c1-2-34-20-13-24-12-17(26-20)15-3-6-19(25-11-15)28-21(30)23(7-9-33-10-8-23)18-14-35-22(27-18)29-36(31,32)16-4-5-16/h3,6,11-14,16H,2,4-5,7-10H2,1H3,(H,27,29)(H,25,28,30). The second-order valence-electron chi connectivity index (χ2n) is 8.64. The molecule has 0 unspecified atom stereocenters. The van der Waals surface area contributed by atoms with Crippen LogP contribution in [0.5, 0.6) is 5.88 Å². The monoisotopic (exact) mass is 530 g/mol. The number of pyridine rings is 1. The number of aromatic nitrogens is 4. The fourth-order valence-electron chi connectivity index (χ4n) is 4.00. The van der Waals surface area contributed by atoms with Crippen molar-refractivity contribution in [3.63, 3.8) is 0 Å². The number of carbonyl (C=O) groups excluding carboxylic acids is 1. The average molecular weight is 531 g/mol. The molecule has 4 heterocycles. The lowest BCUT2D eigenvalue weighted by atomic mass is 9.76. The molecule has 1 aliphatic heterocycles. The predicted octanol–water partition coefficient (Wildman–Crippen LogP) is 2.98. The Morgan fingerprint density at radius 3 is 2.69 bits per heavy atom. The molecule has 1 amide bonds. The molecule has 1 saturated heterocycles. The van der Waals surface area contributed by atoms with Crippen LogP contribution < -0.4 is 14.8 Å². The molecule has 36 heavy (non-hydrogen) atoms. The summed E-state index contributed by atoms with van der Waals surface area (Å²) < 4.78 is 38.1. The van der Waals surface area contributed by atoms with Crippen molar-refractivity contribution in [3.05, 3.63) is 41.8 Å². The summed E-state index contributed by atoms with van der Waals surface area (Å²) in [6.45, 7) is 3.16. The maximum atomic E-state index is 13.6. The minimum Gasteiger partial charge on any atom is -0.477 e. The fraction of sp³-hybridized carbons (Fsp3) is 0.435. The Kier molecular flexibility index (Phi) is 6.86. The van der Waals surface area contributed by atoms with E-state index >= 15 is 0 Å². The zero-order valence-electron chi connectivity index (χ0n) is 19.6. The van der Waals surface area contributed by atoms with Crippen LogP contribution in [0.1, 0.15) is 38.3 Å². The highest BCUT2D eigenvalue weighted by molar-refractivity contribution is 7.93. The van der Waals surface area contributed by atoms with Gasteiger partial charge < -0.3 is 14.8 Å². The Morgan fingerprint density at radius 1 is 1.19 bits per heavy atom. The number of ether oxygens (including phenoxy) is 2. The Labute approximate surface area is 212 Å². The van der Waals surface area contributed by atoms with Gasteiger partial charge in [0.2, 0.25) is 21.8 Å². The van der Waals surface area contributed by atoms with Crippen molar-refractivity contribution in [1.29, 1.82) is 0 Å². The molecule has 2 N–H and O–H groups in total. The molecule has 2 aliphatic rings. The van der Waals surface area contributed by atoms with Gasteiger partial charge in [-0.15, -0.1) is 11.3 Å². The third-order valence-electron chi connectivity index (χ3n) is 6.17. The second kappa shape index (κ2) is 10.1. The van der Waals surface area contributed by atoms with Crippen LogP contribution in [-0.4, -0.2) is 59.3 Å². The van der Waals surface area contributed by atoms with E-state index in [9.17, 15) is 13.2 Å². The average Bonchev–Trinajstić information content (AvgIpc) is 3.66. The number of carbonyl (C=O) groups is 1. The second-order valence-corrected chi connectivity index (χ2v) is 11.5. The van der Waals surface area contributed by atoms with Gasteiger partial charge in [-0.05, 0) is 44.7 Å². The van der Waals surface area contributed by atoms with E-state index in [2.05, 4.69) is 30.0 Å². The molecule has 1 saturated carbocycles. The van der Waals surface area contributed by atoms with E-state index in [0.717, 1.165) is 5.56 Å². The topological polar surface area (TPSA) is 145 Å². The van der Waals surface area contributed by atoms with E-state index in [1.165, 1.54) is 11.3 Å². The van der Waals surface area contributed by atoms with Gasteiger partial charge in [-0.3, -0.25) is 14.5 Å². The van der Waals surface area contributed by atoms with Crippen LogP contribution in [0.25, 0.3) is 11.3 Å². The molecule has 0 spiro atoms. The van der Waals surface area contributed by atoms with Crippen molar-refractivity contribution >= 4 is 38.2 Å². The van der Waals surface area contributed by atoms with Crippen molar-refractivity contribution in [3.8, 4) is 17.1 Å². The number of nitrogens with one attached hydrogen (secondary N) is 2. The highest BCUT2D eigenvalue weighted by atomic mass is 32.2. The van der Waals surface area contributed by atoms with Gasteiger partial charge in [-0.25, -0.2) is 23.4 Å². The molecule has 5 rings (SSSR count). The molecule has 0 bridgehead atoms. The number of thiazole rings is 1. The first-order chi connectivity index (χ1) is 17.4. The van der Waals surface area contributed by atoms with Gasteiger partial charge in [0, 0.05) is 30.4 Å². The highest BCUT2D eigenvalue weighted by Crippen LogP contribution is 2.38. The van der Waals surface area contributed by atoms with Crippen molar-refractivity contribution in [2.75, 3.05) is 29.9 Å². The molecule has 0 aromatic carbocycles. The molecule has 11 nitrogen and oxygen atoms in total. The quantitative estimate of drug-likeness (QED) is 0.426. The zero-order valence-corrected chi connectivity index (χ0v) is 21.3. The SMILES string of the molecule is CCOc1cncc(-c2ccc(NC(=O)C3(c4csc(NS(=O)(=O)C5CC5)n4)CCOCC3)nc2)n1. The van der Waals surface area contributed by atoms with Gasteiger partial charge in [0.15, 0.2) is 5.13 Å². The van der Waals surface area contributed by atoms with Crippen LogP contribution in [0, 0.1) is 0 Å². The summed E-state index contributed by atoms with van der Waals surface area (Å²) in [6, 6.07) is 3.50. The van der Waals surface area contributed by atoms with Gasteiger partial charge in [-0.1, -0.05) is 0 Å². The van der Waals surface area contributed by atoms with E-state index < -0.39 is 15.4 Å². The normalized spacial score (nSPS) is 17.4. The number of hydrogen-bond acceptors (Lipinski definition) is 10. The first-order valence-electron chi connectivity index (χ1n) is 11.7. The van der Waals surface area contributed by atoms with Gasteiger partial charge in [0.05, 0.1) is 41.1 Å². The minimum absolute atomic E-state index is 0.258. The lowest BCUT2D eigenvalue weighted by Crippen LogP contribution is -2.45. The third kappa shape index (κ3) is 5.18. The number of rotatable bonds is 9. The minimum atomic E-state index is -3.43. The van der Waals surface area contributed by atoms with Crippen molar-refractivity contribution in [1.82, 2.24) is 19.9 Å². The lowest BCUT2D eigenvalue weighted by Gasteiger charge is -2.34. The smallest absolute Gasteiger partial charge is 0.237 e. The van der Waals surface area contributed by atoms with Gasteiger partial charge >= 0.3 is 0 Å². The molecule has 3 aromatic rings. The van der Waals surface area contributed by atoms with Gasteiger partial charge in [-0.2, -0.15) is 0 Å². The Hall–Kier alpha value is -3.16. The van der Waals surface area contributed by atoms with Crippen molar-refractivity contribution in [2.24, 2.45) is 0 Å². The summed E-state index contributed by atoms with van der Waals surface area (Å²) in [5.74, 6) is 0.551. The summed E-state index contributed by atoms with van der Waals surface area (Å²) >= 11 is 1.18. The highest BCUT2D eigenvalue weighted by Gasteiger charge is 2.44. The summed E-state index contributed by atoms with van der Waals surface area (Å²) in [4.78, 5) is 31.0. The zero-order chi connectivity index (χ0) is 25.2. The molecule has 190 valence electrons. The van der Waals surface area contributed by atoms with E-state index in [1.807, 2.05) is 6.92 Å². The maximum absolute atomic E-state index is 13.6. The molecule has 0 radical (unpaired) electrons. The van der Waals surface area contributed by atoms with Crippen LogP contribution in [0.15, 0.2) is 36.1 Å². The van der Waals surface area contributed by atoms with Crippen molar-refractivity contribution in [2.45, 2.75) is 43.3 Å². The van der Waals surface area contributed by atoms with E-state index in [1.54, 1.807) is 36.1 Å². The number of nitrogens with zero attached hydrogens (tertiary/aromatic N) is 4. The first-order valence-corrected chi connectivity index (χ1v) is 14.1. The Balaban J connectivity index is 1.33. The molecule has 3 aromatic heterocycles. The molecular weight excluding hydrogens is 504 g/mol. The summed E-state index contributed by atoms with van der Waals surface area (Å²) in [7, 11) is -3.43. The van der Waals surface area contributed by atoms with Crippen LogP contribution >= 0.6 is 11.3 Å². The molecular formula is C23H26N6O5S2. The Morgan fingerprint density at radius 2 is 2.00 bits per heavy atom. The molecule has 13 heteroatoms. The summed E-state index contributed by atoms with van der Waals surface area (Å²) in [5, 5.41) is 4.57. The number of hydrogen-bond donors (Lipinski definition) is 2. The van der Waals surface area contributed by atoms with E-state index in [4.69, 9.17) is 9.47 Å². The molecule has 1 aliphatic carbocycles. The van der Waals surface area contributed by atoms with Crippen LogP contribution in [0.4, 0.5) is 10.9 Å². The van der Waals surface area contributed by atoms with Crippen LogP contribution in [0.2, 0.25) is 0 Å². The number of amides is 1. The van der Waals surface area contributed by atoms with Crippen molar-refractivity contribution < 1.29 is 22.7 Å². The Bertz CT molecular complexity index is 1340. The van der Waals surface area contributed by atoms with E-state index in [-0.39, 0.29) is 16.3 Å². The van der Waals surface area contributed by atoms with Crippen LogP contribution in [-0.2, 0) is 25.0 Å². The molecule has 2 fully saturated rings. The third-order valence-corrected chi connectivity index (χ3v) is 8.89. The van der Waals surface area contributed by atoms with Crippen LogP contribution in [0.3, 0.4) is 0 Å². The maximum Gasteiger partial charge on any atom is 0.237 e. The predicted molar refractivity (Wildman–Crippen MR) is 134 cm³/mol. The fourth-order valence-corrected chi connectivity index (χ4v) is 6.41. The lowest BCUT2D eigenvalue weighted by molar-refractivity contribution is -0.125. The van der Waals surface area contributed by atoms with Gasteiger partial charge in [0.25, 0.3) is 0 Å². The first kappa shape index (κ1) is 24.5.